The van der Waals surface area contributed by atoms with Gasteiger partial charge in [0.1, 0.15) is 0 Å². The Morgan fingerprint density at radius 3 is 2.29 bits per heavy atom. The standard InChI is InChI=1S/C19H40N2/c1-6-16(7-2)14-21(10-5)15-18-13-17(8-3)11-12-19(18)20-9-4/h16-20H,6-15H2,1-5H3. The van der Waals surface area contributed by atoms with Crippen LogP contribution in [-0.4, -0.2) is 37.1 Å². The van der Waals surface area contributed by atoms with Crippen molar-refractivity contribution >= 4 is 0 Å². The van der Waals surface area contributed by atoms with E-state index >= 15 is 0 Å². The fraction of sp³-hybridized carbons (Fsp3) is 1.00. The van der Waals surface area contributed by atoms with Gasteiger partial charge in [-0.25, -0.2) is 0 Å². The van der Waals surface area contributed by atoms with Crippen LogP contribution in [0.2, 0.25) is 0 Å². The minimum absolute atomic E-state index is 0.758. The molecule has 1 N–H and O–H groups in total. The van der Waals surface area contributed by atoms with E-state index in [-0.39, 0.29) is 0 Å². The van der Waals surface area contributed by atoms with Gasteiger partial charge in [-0.05, 0) is 50.1 Å². The number of hydrogen-bond donors (Lipinski definition) is 1. The first kappa shape index (κ1) is 19.0. The first-order valence-electron chi connectivity index (χ1n) is 9.63. The maximum atomic E-state index is 3.76. The third-order valence-electron chi connectivity index (χ3n) is 5.75. The summed E-state index contributed by atoms with van der Waals surface area (Å²) in [4.78, 5) is 2.73. The molecule has 3 unspecified atom stereocenters. The van der Waals surface area contributed by atoms with Gasteiger partial charge in [0, 0.05) is 19.1 Å². The smallest absolute Gasteiger partial charge is 0.0108 e. The van der Waals surface area contributed by atoms with Crippen molar-refractivity contribution < 1.29 is 0 Å². The second-order valence-electron chi connectivity index (χ2n) is 7.05. The molecule has 0 aromatic heterocycles. The van der Waals surface area contributed by atoms with Gasteiger partial charge in [-0.2, -0.15) is 0 Å². The van der Waals surface area contributed by atoms with Crippen LogP contribution < -0.4 is 5.32 Å². The number of nitrogens with one attached hydrogen (secondary N) is 1. The quantitative estimate of drug-likeness (QED) is 0.636. The Morgan fingerprint density at radius 1 is 1.05 bits per heavy atom. The summed E-state index contributed by atoms with van der Waals surface area (Å²) < 4.78 is 0. The molecule has 0 radical (unpaired) electrons. The van der Waals surface area contributed by atoms with E-state index in [0.29, 0.717) is 0 Å². The van der Waals surface area contributed by atoms with Crippen LogP contribution in [0, 0.1) is 17.8 Å². The van der Waals surface area contributed by atoms with Gasteiger partial charge < -0.3 is 10.2 Å². The van der Waals surface area contributed by atoms with Crippen LogP contribution in [0.15, 0.2) is 0 Å². The average Bonchev–Trinajstić information content (AvgIpc) is 2.52. The molecule has 1 fully saturated rings. The Hall–Kier alpha value is -0.0800. The summed E-state index contributed by atoms with van der Waals surface area (Å²) in [6.07, 6.45) is 8.28. The van der Waals surface area contributed by atoms with Crippen LogP contribution in [0.5, 0.6) is 0 Å². The lowest BCUT2D eigenvalue weighted by Crippen LogP contribution is -2.46. The predicted molar refractivity (Wildman–Crippen MR) is 94.8 cm³/mol. The largest absolute Gasteiger partial charge is 0.314 e. The lowest BCUT2D eigenvalue weighted by atomic mass is 9.76. The van der Waals surface area contributed by atoms with Crippen molar-refractivity contribution in [2.75, 3.05) is 26.2 Å². The van der Waals surface area contributed by atoms with E-state index in [1.807, 2.05) is 0 Å². The van der Waals surface area contributed by atoms with E-state index in [4.69, 9.17) is 0 Å². The summed E-state index contributed by atoms with van der Waals surface area (Å²) in [6.45, 7) is 16.6. The molecule has 0 saturated heterocycles. The highest BCUT2D eigenvalue weighted by atomic mass is 15.1. The van der Waals surface area contributed by atoms with Gasteiger partial charge in [0.25, 0.3) is 0 Å². The summed E-state index contributed by atoms with van der Waals surface area (Å²) in [5.74, 6) is 2.71. The van der Waals surface area contributed by atoms with Gasteiger partial charge in [-0.15, -0.1) is 0 Å². The molecule has 0 heterocycles. The Labute approximate surface area is 134 Å². The topological polar surface area (TPSA) is 15.3 Å². The maximum Gasteiger partial charge on any atom is 0.0108 e. The van der Waals surface area contributed by atoms with Gasteiger partial charge in [-0.1, -0.05) is 53.9 Å². The van der Waals surface area contributed by atoms with Gasteiger partial charge in [-0.3, -0.25) is 0 Å². The van der Waals surface area contributed by atoms with Gasteiger partial charge in [0.05, 0.1) is 0 Å². The first-order valence-corrected chi connectivity index (χ1v) is 9.63. The second-order valence-corrected chi connectivity index (χ2v) is 7.05. The molecular weight excluding hydrogens is 256 g/mol. The van der Waals surface area contributed by atoms with Crippen molar-refractivity contribution in [1.82, 2.24) is 10.2 Å². The number of nitrogens with zero attached hydrogens (tertiary/aromatic N) is 1. The first-order chi connectivity index (χ1) is 10.2. The lowest BCUT2D eigenvalue weighted by Gasteiger charge is -2.39. The van der Waals surface area contributed by atoms with Gasteiger partial charge in [0.15, 0.2) is 0 Å². The summed E-state index contributed by atoms with van der Waals surface area (Å²) >= 11 is 0. The molecule has 2 nitrogen and oxygen atoms in total. The van der Waals surface area contributed by atoms with Crippen molar-refractivity contribution in [3.63, 3.8) is 0 Å². The molecule has 1 aliphatic rings. The zero-order chi connectivity index (χ0) is 15.7. The van der Waals surface area contributed by atoms with E-state index in [2.05, 4.69) is 44.8 Å². The highest BCUT2D eigenvalue weighted by Crippen LogP contribution is 2.32. The molecular formula is C19H40N2. The van der Waals surface area contributed by atoms with Crippen LogP contribution in [0.3, 0.4) is 0 Å². The molecule has 2 heteroatoms. The second kappa shape index (κ2) is 10.6. The van der Waals surface area contributed by atoms with E-state index < -0.39 is 0 Å². The minimum Gasteiger partial charge on any atom is -0.314 e. The number of hydrogen-bond acceptors (Lipinski definition) is 2. The Bertz CT molecular complexity index is 250. The Kier molecular flexibility index (Phi) is 9.59. The van der Waals surface area contributed by atoms with E-state index in [0.717, 1.165) is 30.3 Å². The highest BCUT2D eigenvalue weighted by molar-refractivity contribution is 4.86. The Morgan fingerprint density at radius 2 is 1.76 bits per heavy atom. The molecule has 0 bridgehead atoms. The molecule has 1 rings (SSSR count). The molecule has 3 atom stereocenters. The minimum atomic E-state index is 0.758. The number of rotatable bonds is 10. The molecule has 0 spiro atoms. The summed E-state index contributed by atoms with van der Waals surface area (Å²) in [5, 5.41) is 3.76. The predicted octanol–water partition coefficient (Wildman–Crippen LogP) is 4.55. The SMILES string of the molecule is CCNC1CCC(CC)CC1CN(CC)CC(CC)CC. The van der Waals surface area contributed by atoms with E-state index in [1.54, 1.807) is 0 Å². The molecule has 0 aromatic rings. The van der Waals surface area contributed by atoms with Crippen LogP contribution in [0.1, 0.15) is 73.1 Å². The third-order valence-corrected chi connectivity index (χ3v) is 5.75. The Balaban J connectivity index is 2.59. The van der Waals surface area contributed by atoms with Crippen LogP contribution >= 0.6 is 0 Å². The zero-order valence-electron chi connectivity index (χ0n) is 15.3. The lowest BCUT2D eigenvalue weighted by molar-refractivity contribution is 0.129. The van der Waals surface area contributed by atoms with Crippen molar-refractivity contribution in [1.29, 1.82) is 0 Å². The molecule has 21 heavy (non-hydrogen) atoms. The van der Waals surface area contributed by atoms with E-state index in [9.17, 15) is 0 Å². The fourth-order valence-corrected chi connectivity index (χ4v) is 4.04. The monoisotopic (exact) mass is 296 g/mol. The fourth-order valence-electron chi connectivity index (χ4n) is 4.04. The summed E-state index contributed by atoms with van der Waals surface area (Å²) in [5.41, 5.74) is 0. The molecule has 1 aliphatic carbocycles. The van der Waals surface area contributed by atoms with Crippen LogP contribution in [0.4, 0.5) is 0 Å². The maximum absolute atomic E-state index is 3.76. The highest BCUT2D eigenvalue weighted by Gasteiger charge is 2.30. The van der Waals surface area contributed by atoms with Crippen molar-refractivity contribution in [3.05, 3.63) is 0 Å². The van der Waals surface area contributed by atoms with Crippen LogP contribution in [-0.2, 0) is 0 Å². The average molecular weight is 297 g/mol. The molecule has 0 aliphatic heterocycles. The molecule has 0 aromatic carbocycles. The van der Waals surface area contributed by atoms with Crippen molar-refractivity contribution in [2.24, 2.45) is 17.8 Å². The van der Waals surface area contributed by atoms with Gasteiger partial charge in [0.2, 0.25) is 0 Å². The summed E-state index contributed by atoms with van der Waals surface area (Å²) in [7, 11) is 0. The molecule has 1 saturated carbocycles. The molecule has 0 amide bonds. The van der Waals surface area contributed by atoms with Gasteiger partial charge >= 0.3 is 0 Å². The third kappa shape index (κ3) is 6.28. The zero-order valence-corrected chi connectivity index (χ0v) is 15.3. The van der Waals surface area contributed by atoms with E-state index in [1.165, 1.54) is 58.2 Å². The normalized spacial score (nSPS) is 26.7. The van der Waals surface area contributed by atoms with Crippen molar-refractivity contribution in [3.8, 4) is 0 Å². The van der Waals surface area contributed by atoms with Crippen LogP contribution in [0.25, 0.3) is 0 Å². The molecule has 126 valence electrons. The summed E-state index contributed by atoms with van der Waals surface area (Å²) in [6, 6.07) is 0.758. The van der Waals surface area contributed by atoms with Crippen molar-refractivity contribution in [2.45, 2.75) is 79.2 Å².